The summed E-state index contributed by atoms with van der Waals surface area (Å²) in [7, 11) is 0. The Labute approximate surface area is 148 Å². The SMILES string of the molecule is CC(C)CCOc1cc(C(F)(F)F)c2c(c1)[nH]c(=O)n2[C@H]1C[C@@](C)(O)C1. The van der Waals surface area contributed by atoms with Crippen molar-refractivity contribution in [1.82, 2.24) is 9.55 Å². The second kappa shape index (κ2) is 6.33. The Bertz CT molecular complexity index is 857. The first-order valence-electron chi connectivity index (χ1n) is 8.68. The maximum atomic E-state index is 13.6. The molecule has 1 aliphatic carbocycles. The molecule has 0 saturated heterocycles. The Morgan fingerprint density at radius 2 is 2.04 bits per heavy atom. The number of hydrogen-bond acceptors (Lipinski definition) is 3. The third-order valence-electron chi connectivity index (χ3n) is 4.77. The minimum Gasteiger partial charge on any atom is -0.493 e. The van der Waals surface area contributed by atoms with E-state index in [0.29, 0.717) is 18.9 Å². The van der Waals surface area contributed by atoms with E-state index >= 15 is 0 Å². The molecule has 144 valence electrons. The summed E-state index contributed by atoms with van der Waals surface area (Å²) >= 11 is 0. The van der Waals surface area contributed by atoms with Gasteiger partial charge in [-0.3, -0.25) is 4.57 Å². The van der Waals surface area contributed by atoms with Crippen LogP contribution in [0.2, 0.25) is 0 Å². The van der Waals surface area contributed by atoms with Crippen LogP contribution in [0.4, 0.5) is 13.2 Å². The summed E-state index contributed by atoms with van der Waals surface area (Å²) in [6.45, 7) is 5.91. The van der Waals surface area contributed by atoms with Crippen LogP contribution in [-0.4, -0.2) is 26.9 Å². The number of aromatic amines is 1. The van der Waals surface area contributed by atoms with Crippen molar-refractivity contribution >= 4 is 11.0 Å². The molecule has 0 bridgehead atoms. The van der Waals surface area contributed by atoms with Gasteiger partial charge in [0.25, 0.3) is 0 Å². The van der Waals surface area contributed by atoms with E-state index in [2.05, 4.69) is 4.98 Å². The molecule has 0 unspecified atom stereocenters. The van der Waals surface area contributed by atoms with Crippen molar-refractivity contribution in [2.45, 2.75) is 57.9 Å². The van der Waals surface area contributed by atoms with Gasteiger partial charge in [0.2, 0.25) is 0 Å². The van der Waals surface area contributed by atoms with E-state index < -0.39 is 29.1 Å². The van der Waals surface area contributed by atoms with Gasteiger partial charge in [0.15, 0.2) is 0 Å². The molecule has 0 amide bonds. The first-order chi connectivity index (χ1) is 12.0. The molecule has 1 aliphatic rings. The highest BCUT2D eigenvalue weighted by Crippen LogP contribution is 2.44. The van der Waals surface area contributed by atoms with Crippen LogP contribution in [0.3, 0.4) is 0 Å². The van der Waals surface area contributed by atoms with Gasteiger partial charge in [-0.15, -0.1) is 0 Å². The highest BCUT2D eigenvalue weighted by Gasteiger charge is 2.43. The van der Waals surface area contributed by atoms with E-state index in [1.165, 1.54) is 6.07 Å². The molecular weight excluding hydrogens is 349 g/mol. The molecule has 8 heteroatoms. The van der Waals surface area contributed by atoms with Crippen LogP contribution in [0, 0.1) is 5.92 Å². The van der Waals surface area contributed by atoms with Gasteiger partial charge in [-0.2, -0.15) is 13.2 Å². The third-order valence-corrected chi connectivity index (χ3v) is 4.77. The Hall–Kier alpha value is -1.96. The number of fused-ring (bicyclic) bond motifs is 1. The molecule has 0 spiro atoms. The summed E-state index contributed by atoms with van der Waals surface area (Å²) in [5.74, 6) is 0.451. The number of aromatic nitrogens is 2. The lowest BCUT2D eigenvalue weighted by atomic mass is 9.77. The molecular formula is C18H23F3N2O3. The van der Waals surface area contributed by atoms with Gasteiger partial charge in [0.05, 0.1) is 28.8 Å². The predicted octanol–water partition coefficient (Wildman–Crippen LogP) is 3.86. The molecule has 1 heterocycles. The van der Waals surface area contributed by atoms with Crippen LogP contribution in [0.15, 0.2) is 16.9 Å². The Morgan fingerprint density at radius 3 is 2.58 bits per heavy atom. The van der Waals surface area contributed by atoms with E-state index in [4.69, 9.17) is 4.74 Å². The molecule has 3 rings (SSSR count). The Kier molecular flexibility index (Phi) is 4.58. The van der Waals surface area contributed by atoms with Gasteiger partial charge in [0, 0.05) is 12.1 Å². The van der Waals surface area contributed by atoms with Crippen molar-refractivity contribution in [2.75, 3.05) is 6.61 Å². The third kappa shape index (κ3) is 3.60. The smallest absolute Gasteiger partial charge is 0.418 e. The number of alkyl halides is 3. The van der Waals surface area contributed by atoms with Crippen LogP contribution in [0.25, 0.3) is 11.0 Å². The minimum absolute atomic E-state index is 0.0829. The fourth-order valence-corrected chi connectivity index (χ4v) is 3.44. The summed E-state index contributed by atoms with van der Waals surface area (Å²) in [4.78, 5) is 14.8. The second-order valence-corrected chi connectivity index (χ2v) is 7.75. The number of rotatable bonds is 5. The topological polar surface area (TPSA) is 67.2 Å². The minimum atomic E-state index is -4.63. The molecule has 0 atom stereocenters. The monoisotopic (exact) mass is 372 g/mol. The first-order valence-corrected chi connectivity index (χ1v) is 8.68. The maximum Gasteiger partial charge on any atom is 0.418 e. The number of halogens is 3. The largest absolute Gasteiger partial charge is 0.493 e. The predicted molar refractivity (Wildman–Crippen MR) is 91.4 cm³/mol. The number of ether oxygens (including phenoxy) is 1. The van der Waals surface area contributed by atoms with E-state index in [-0.39, 0.29) is 29.6 Å². The zero-order valence-corrected chi connectivity index (χ0v) is 15.0. The molecule has 2 aromatic rings. The first kappa shape index (κ1) is 18.8. The van der Waals surface area contributed by atoms with Crippen LogP contribution in [0.1, 0.15) is 51.6 Å². The molecule has 1 saturated carbocycles. The van der Waals surface area contributed by atoms with Crippen molar-refractivity contribution in [2.24, 2.45) is 5.92 Å². The Morgan fingerprint density at radius 1 is 1.38 bits per heavy atom. The van der Waals surface area contributed by atoms with Crippen molar-refractivity contribution in [3.05, 3.63) is 28.2 Å². The van der Waals surface area contributed by atoms with Crippen molar-refractivity contribution in [1.29, 1.82) is 0 Å². The number of hydrogen-bond donors (Lipinski definition) is 2. The molecule has 1 aromatic carbocycles. The fourth-order valence-electron chi connectivity index (χ4n) is 3.44. The second-order valence-electron chi connectivity index (χ2n) is 7.75. The summed E-state index contributed by atoms with van der Waals surface area (Å²) in [5, 5.41) is 9.89. The lowest BCUT2D eigenvalue weighted by Crippen LogP contribution is -2.44. The standard InChI is InChI=1S/C18H23F3N2O3/c1-10(2)4-5-26-12-6-13(18(19,20)21)15-14(7-12)22-16(24)23(15)11-8-17(3,25)9-11/h6-7,10-11,25H,4-5,8-9H2,1-3H3,(H,22,24)/t11-,17+. The van der Waals surface area contributed by atoms with Gasteiger partial charge >= 0.3 is 11.9 Å². The summed E-state index contributed by atoms with van der Waals surface area (Å²) in [6.07, 6.45) is -3.43. The molecule has 26 heavy (non-hydrogen) atoms. The number of nitrogens with zero attached hydrogens (tertiary/aromatic N) is 1. The van der Waals surface area contributed by atoms with Gasteiger partial charge in [-0.1, -0.05) is 13.8 Å². The van der Waals surface area contributed by atoms with Crippen LogP contribution in [0.5, 0.6) is 5.75 Å². The summed E-state index contributed by atoms with van der Waals surface area (Å²) in [5.41, 5.74) is -2.55. The highest BCUT2D eigenvalue weighted by atomic mass is 19.4. The Balaban J connectivity index is 2.05. The van der Waals surface area contributed by atoms with Gasteiger partial charge in [-0.05, 0) is 38.2 Å². The van der Waals surface area contributed by atoms with Gasteiger partial charge in [0.1, 0.15) is 5.75 Å². The number of nitrogens with one attached hydrogen (secondary N) is 1. The molecule has 0 aliphatic heterocycles. The van der Waals surface area contributed by atoms with Gasteiger partial charge in [-0.25, -0.2) is 4.79 Å². The molecule has 5 nitrogen and oxygen atoms in total. The molecule has 2 N–H and O–H groups in total. The average Bonchev–Trinajstić information content (AvgIpc) is 2.77. The number of H-pyrrole nitrogens is 1. The van der Waals surface area contributed by atoms with E-state index in [0.717, 1.165) is 10.6 Å². The van der Waals surface area contributed by atoms with Crippen LogP contribution < -0.4 is 10.4 Å². The van der Waals surface area contributed by atoms with E-state index in [1.54, 1.807) is 6.92 Å². The number of imidazole rings is 1. The lowest BCUT2D eigenvalue weighted by Gasteiger charge is -2.41. The molecule has 1 aromatic heterocycles. The van der Waals surface area contributed by atoms with Crippen molar-refractivity contribution in [3.63, 3.8) is 0 Å². The summed E-state index contributed by atoms with van der Waals surface area (Å²) < 4.78 is 47.5. The normalized spacial score (nSPS) is 23.5. The van der Waals surface area contributed by atoms with Crippen molar-refractivity contribution < 1.29 is 23.0 Å². The highest BCUT2D eigenvalue weighted by molar-refractivity contribution is 5.81. The maximum absolute atomic E-state index is 13.6. The zero-order valence-electron chi connectivity index (χ0n) is 15.0. The lowest BCUT2D eigenvalue weighted by molar-refractivity contribution is -0.136. The number of benzene rings is 1. The fraction of sp³-hybridized carbons (Fsp3) is 0.611. The van der Waals surface area contributed by atoms with Crippen molar-refractivity contribution in [3.8, 4) is 5.75 Å². The molecule has 0 radical (unpaired) electrons. The quantitative estimate of drug-likeness (QED) is 0.838. The molecule has 1 fully saturated rings. The van der Waals surface area contributed by atoms with Gasteiger partial charge < -0.3 is 14.8 Å². The number of aliphatic hydroxyl groups is 1. The summed E-state index contributed by atoms with van der Waals surface area (Å²) in [6, 6.07) is 1.92. The van der Waals surface area contributed by atoms with Crippen LogP contribution >= 0.6 is 0 Å². The van der Waals surface area contributed by atoms with Crippen LogP contribution in [-0.2, 0) is 6.18 Å². The van der Waals surface area contributed by atoms with E-state index in [1.807, 2.05) is 13.8 Å². The zero-order chi connectivity index (χ0) is 19.3. The average molecular weight is 372 g/mol. The van der Waals surface area contributed by atoms with E-state index in [9.17, 15) is 23.1 Å².